The molecule has 4 nitrogen and oxygen atoms in total. The Hall–Kier alpha value is -0.770. The van der Waals surface area contributed by atoms with Crippen molar-refractivity contribution in [1.29, 1.82) is 0 Å². The van der Waals surface area contributed by atoms with E-state index < -0.39 is 5.60 Å². The zero-order valence-corrected chi connectivity index (χ0v) is 10.2. The molecule has 1 aliphatic heterocycles. The van der Waals surface area contributed by atoms with Gasteiger partial charge in [0.05, 0.1) is 6.17 Å². The maximum absolute atomic E-state index is 11.5. The molecule has 0 aromatic rings. The Morgan fingerprint density at radius 3 is 2.33 bits per heavy atom. The smallest absolute Gasteiger partial charge is 0.408 e. The van der Waals surface area contributed by atoms with Gasteiger partial charge in [-0.3, -0.25) is 4.90 Å². The molecule has 0 saturated carbocycles. The van der Waals surface area contributed by atoms with Crippen molar-refractivity contribution in [2.24, 2.45) is 0 Å². The molecular weight excluding hydrogens is 192 g/mol. The van der Waals surface area contributed by atoms with Gasteiger partial charge in [-0.2, -0.15) is 0 Å². The SMILES string of the molecule is C[C@H](NC(=O)OC(C)(C)C)N1CCCC1. The molecule has 1 atom stereocenters. The van der Waals surface area contributed by atoms with Crippen LogP contribution in [0.1, 0.15) is 40.5 Å². The molecule has 1 amide bonds. The standard InChI is InChI=1S/C11H22N2O2/c1-9(13-7-5-6-8-13)12-10(14)15-11(2,3)4/h9H,5-8H2,1-4H3,(H,12,14)/t9-/m1/s1. The van der Waals surface area contributed by atoms with E-state index in [-0.39, 0.29) is 12.3 Å². The number of carbonyl (C=O) groups excluding carboxylic acids is 1. The Kier molecular flexibility index (Phi) is 3.97. The summed E-state index contributed by atoms with van der Waals surface area (Å²) >= 11 is 0. The lowest BCUT2D eigenvalue weighted by atomic mass is 10.2. The molecule has 1 fully saturated rings. The van der Waals surface area contributed by atoms with E-state index >= 15 is 0 Å². The number of nitrogens with zero attached hydrogens (tertiary/aromatic N) is 1. The first kappa shape index (κ1) is 12.3. The van der Waals surface area contributed by atoms with Crippen molar-refractivity contribution >= 4 is 6.09 Å². The number of alkyl carbamates (subject to hydrolysis) is 1. The number of nitrogens with one attached hydrogen (secondary N) is 1. The summed E-state index contributed by atoms with van der Waals surface area (Å²) in [4.78, 5) is 13.7. The normalized spacial score (nSPS) is 20.0. The van der Waals surface area contributed by atoms with E-state index in [1.54, 1.807) is 0 Å². The van der Waals surface area contributed by atoms with Gasteiger partial charge >= 0.3 is 6.09 Å². The quantitative estimate of drug-likeness (QED) is 0.764. The van der Waals surface area contributed by atoms with Crippen LogP contribution >= 0.6 is 0 Å². The summed E-state index contributed by atoms with van der Waals surface area (Å²) in [7, 11) is 0. The van der Waals surface area contributed by atoms with Crippen molar-refractivity contribution in [2.75, 3.05) is 13.1 Å². The highest BCUT2D eigenvalue weighted by atomic mass is 16.6. The second-order valence-electron chi connectivity index (χ2n) is 5.07. The Labute approximate surface area is 92.0 Å². The van der Waals surface area contributed by atoms with Crippen molar-refractivity contribution in [3.63, 3.8) is 0 Å². The molecule has 4 heteroatoms. The molecule has 15 heavy (non-hydrogen) atoms. The predicted octanol–water partition coefficient (Wildman–Crippen LogP) is 1.95. The fraction of sp³-hybridized carbons (Fsp3) is 0.909. The Bertz CT molecular complexity index is 217. The van der Waals surface area contributed by atoms with E-state index in [2.05, 4.69) is 10.2 Å². The molecule has 1 aliphatic rings. The lowest BCUT2D eigenvalue weighted by Gasteiger charge is -2.26. The average molecular weight is 214 g/mol. The molecule has 0 aromatic heterocycles. The second-order valence-corrected chi connectivity index (χ2v) is 5.07. The third-order valence-electron chi connectivity index (χ3n) is 2.41. The first-order chi connectivity index (χ1) is 6.88. The summed E-state index contributed by atoms with van der Waals surface area (Å²) in [5, 5.41) is 2.84. The van der Waals surface area contributed by atoms with Crippen LogP contribution in [0.25, 0.3) is 0 Å². The van der Waals surface area contributed by atoms with Gasteiger partial charge in [0.1, 0.15) is 5.60 Å². The fourth-order valence-corrected chi connectivity index (χ4v) is 1.70. The van der Waals surface area contributed by atoms with Crippen LogP contribution < -0.4 is 5.32 Å². The molecule has 0 unspecified atom stereocenters. The summed E-state index contributed by atoms with van der Waals surface area (Å²) < 4.78 is 5.19. The number of likely N-dealkylation sites (tertiary alicyclic amines) is 1. The second kappa shape index (κ2) is 4.84. The van der Waals surface area contributed by atoms with Gasteiger partial charge in [0.15, 0.2) is 0 Å². The number of ether oxygens (including phenoxy) is 1. The Balaban J connectivity index is 2.30. The van der Waals surface area contributed by atoms with Crippen LogP contribution in [0.5, 0.6) is 0 Å². The molecular formula is C11H22N2O2. The lowest BCUT2D eigenvalue weighted by molar-refractivity contribution is 0.0447. The number of amides is 1. The third kappa shape index (κ3) is 4.51. The van der Waals surface area contributed by atoms with Crippen molar-refractivity contribution in [3.8, 4) is 0 Å². The Morgan fingerprint density at radius 1 is 1.33 bits per heavy atom. The van der Waals surface area contributed by atoms with Crippen LogP contribution in [0.15, 0.2) is 0 Å². The highest BCUT2D eigenvalue weighted by molar-refractivity contribution is 5.67. The van der Waals surface area contributed by atoms with E-state index in [0.29, 0.717) is 0 Å². The van der Waals surface area contributed by atoms with Crippen LogP contribution in [0.4, 0.5) is 4.79 Å². The fourth-order valence-electron chi connectivity index (χ4n) is 1.70. The predicted molar refractivity (Wildman–Crippen MR) is 59.6 cm³/mol. The number of hydrogen-bond donors (Lipinski definition) is 1. The number of carbonyl (C=O) groups is 1. The van der Waals surface area contributed by atoms with Crippen LogP contribution in [0.3, 0.4) is 0 Å². The van der Waals surface area contributed by atoms with Gasteiger partial charge in [-0.15, -0.1) is 0 Å². The molecule has 88 valence electrons. The van der Waals surface area contributed by atoms with E-state index in [1.165, 1.54) is 12.8 Å². The zero-order chi connectivity index (χ0) is 11.5. The minimum atomic E-state index is -0.422. The average Bonchev–Trinajstić information content (AvgIpc) is 2.50. The molecule has 0 spiro atoms. The maximum Gasteiger partial charge on any atom is 0.408 e. The van der Waals surface area contributed by atoms with Crippen molar-refractivity contribution < 1.29 is 9.53 Å². The first-order valence-electron chi connectivity index (χ1n) is 5.62. The third-order valence-corrected chi connectivity index (χ3v) is 2.41. The van der Waals surface area contributed by atoms with Crippen molar-refractivity contribution in [2.45, 2.75) is 52.3 Å². The highest BCUT2D eigenvalue weighted by Gasteiger charge is 2.22. The minimum Gasteiger partial charge on any atom is -0.444 e. The van der Waals surface area contributed by atoms with Crippen molar-refractivity contribution in [3.05, 3.63) is 0 Å². The topological polar surface area (TPSA) is 41.6 Å². The molecule has 0 aromatic carbocycles. The van der Waals surface area contributed by atoms with Gasteiger partial charge < -0.3 is 10.1 Å². The van der Waals surface area contributed by atoms with E-state index in [1.807, 2.05) is 27.7 Å². The van der Waals surface area contributed by atoms with Crippen LogP contribution in [-0.2, 0) is 4.74 Å². The van der Waals surface area contributed by atoms with Gasteiger partial charge in [0.25, 0.3) is 0 Å². The largest absolute Gasteiger partial charge is 0.444 e. The van der Waals surface area contributed by atoms with Gasteiger partial charge in [-0.1, -0.05) is 0 Å². The van der Waals surface area contributed by atoms with Crippen LogP contribution in [-0.4, -0.2) is 35.8 Å². The minimum absolute atomic E-state index is 0.0716. The molecule has 0 radical (unpaired) electrons. The number of hydrogen-bond acceptors (Lipinski definition) is 3. The van der Waals surface area contributed by atoms with Crippen LogP contribution in [0.2, 0.25) is 0 Å². The summed E-state index contributed by atoms with van der Waals surface area (Å²) in [6.07, 6.45) is 2.19. The molecule has 1 heterocycles. The Morgan fingerprint density at radius 2 is 1.87 bits per heavy atom. The molecule has 1 N–H and O–H groups in total. The summed E-state index contributed by atoms with van der Waals surface area (Å²) in [5.74, 6) is 0. The van der Waals surface area contributed by atoms with Gasteiger partial charge in [0.2, 0.25) is 0 Å². The highest BCUT2D eigenvalue weighted by Crippen LogP contribution is 2.11. The monoisotopic (exact) mass is 214 g/mol. The van der Waals surface area contributed by atoms with E-state index in [9.17, 15) is 4.79 Å². The lowest BCUT2D eigenvalue weighted by Crippen LogP contribution is -2.46. The molecule has 0 aliphatic carbocycles. The first-order valence-corrected chi connectivity index (χ1v) is 5.62. The van der Waals surface area contributed by atoms with Gasteiger partial charge in [-0.25, -0.2) is 4.79 Å². The van der Waals surface area contributed by atoms with Gasteiger partial charge in [0, 0.05) is 13.1 Å². The van der Waals surface area contributed by atoms with E-state index in [0.717, 1.165) is 13.1 Å². The number of rotatable bonds is 2. The van der Waals surface area contributed by atoms with Gasteiger partial charge in [-0.05, 0) is 40.5 Å². The summed E-state index contributed by atoms with van der Waals surface area (Å²) in [5.41, 5.74) is -0.422. The van der Waals surface area contributed by atoms with Crippen molar-refractivity contribution in [1.82, 2.24) is 10.2 Å². The maximum atomic E-state index is 11.5. The van der Waals surface area contributed by atoms with E-state index in [4.69, 9.17) is 4.74 Å². The van der Waals surface area contributed by atoms with Crippen LogP contribution in [0, 0.1) is 0 Å². The zero-order valence-electron chi connectivity index (χ0n) is 10.2. The molecule has 1 saturated heterocycles. The molecule has 0 bridgehead atoms. The summed E-state index contributed by atoms with van der Waals surface area (Å²) in [6.45, 7) is 9.73. The summed E-state index contributed by atoms with van der Waals surface area (Å²) in [6, 6.07) is 0. The molecule has 1 rings (SSSR count).